The standard InChI is InChI=1S/C14H18ClN3/c1-8(2)18-12-7-10(15)5-6-11(12)17-14(18)13(16)9-3-4-9/h5-9,13H,3-4,16H2,1-2H3. The molecule has 0 radical (unpaired) electrons. The number of hydrogen-bond acceptors (Lipinski definition) is 2. The summed E-state index contributed by atoms with van der Waals surface area (Å²) in [4.78, 5) is 4.72. The topological polar surface area (TPSA) is 43.8 Å². The maximum Gasteiger partial charge on any atom is 0.127 e. The minimum Gasteiger partial charge on any atom is -0.324 e. The van der Waals surface area contributed by atoms with Gasteiger partial charge in [-0.05, 0) is 50.8 Å². The molecule has 2 aromatic rings. The summed E-state index contributed by atoms with van der Waals surface area (Å²) < 4.78 is 2.23. The Hall–Kier alpha value is -1.06. The molecule has 2 N–H and O–H groups in total. The zero-order chi connectivity index (χ0) is 12.9. The van der Waals surface area contributed by atoms with Crippen LogP contribution in [0.15, 0.2) is 18.2 Å². The van der Waals surface area contributed by atoms with Crippen molar-refractivity contribution in [2.45, 2.75) is 38.8 Å². The zero-order valence-corrected chi connectivity index (χ0v) is 11.5. The second-order valence-corrected chi connectivity index (χ2v) is 5.87. The van der Waals surface area contributed by atoms with Crippen LogP contribution >= 0.6 is 11.6 Å². The van der Waals surface area contributed by atoms with Gasteiger partial charge in [0.15, 0.2) is 0 Å². The number of nitrogens with zero attached hydrogens (tertiary/aromatic N) is 2. The van der Waals surface area contributed by atoms with Gasteiger partial charge in [0.25, 0.3) is 0 Å². The maximum absolute atomic E-state index is 6.32. The summed E-state index contributed by atoms with van der Waals surface area (Å²) in [5, 5.41) is 0.746. The van der Waals surface area contributed by atoms with Crippen molar-refractivity contribution >= 4 is 22.6 Å². The SMILES string of the molecule is CC(C)n1c(C(N)C2CC2)nc2ccc(Cl)cc21. The normalized spacial score (nSPS) is 17.6. The fourth-order valence-corrected chi connectivity index (χ4v) is 2.70. The molecule has 1 aromatic carbocycles. The van der Waals surface area contributed by atoms with Crippen LogP contribution in [-0.4, -0.2) is 9.55 Å². The third-order valence-electron chi connectivity index (χ3n) is 3.62. The highest BCUT2D eigenvalue weighted by Gasteiger charge is 2.33. The van der Waals surface area contributed by atoms with Crippen LogP contribution in [0.4, 0.5) is 0 Å². The molecule has 0 spiro atoms. The molecule has 1 atom stereocenters. The fraction of sp³-hybridized carbons (Fsp3) is 0.500. The second kappa shape index (κ2) is 4.25. The van der Waals surface area contributed by atoms with Crippen molar-refractivity contribution in [1.82, 2.24) is 9.55 Å². The van der Waals surface area contributed by atoms with Gasteiger partial charge in [-0.15, -0.1) is 0 Å². The summed E-state index contributed by atoms with van der Waals surface area (Å²) in [7, 11) is 0. The van der Waals surface area contributed by atoms with Gasteiger partial charge in [-0.25, -0.2) is 4.98 Å². The summed E-state index contributed by atoms with van der Waals surface area (Å²) >= 11 is 6.09. The average Bonchev–Trinajstić information content (AvgIpc) is 3.08. The van der Waals surface area contributed by atoms with E-state index in [0.29, 0.717) is 12.0 Å². The van der Waals surface area contributed by atoms with E-state index in [1.165, 1.54) is 12.8 Å². The zero-order valence-electron chi connectivity index (χ0n) is 10.7. The number of rotatable bonds is 3. The molecule has 1 aliphatic rings. The number of hydrogen-bond donors (Lipinski definition) is 1. The quantitative estimate of drug-likeness (QED) is 0.918. The van der Waals surface area contributed by atoms with Gasteiger partial charge < -0.3 is 10.3 Å². The highest BCUT2D eigenvalue weighted by Crippen LogP contribution is 2.40. The maximum atomic E-state index is 6.32. The highest BCUT2D eigenvalue weighted by molar-refractivity contribution is 6.31. The number of aromatic nitrogens is 2. The molecule has 0 bridgehead atoms. The van der Waals surface area contributed by atoms with Crippen molar-refractivity contribution < 1.29 is 0 Å². The van der Waals surface area contributed by atoms with E-state index in [4.69, 9.17) is 22.3 Å². The lowest BCUT2D eigenvalue weighted by molar-refractivity contribution is 0.512. The van der Waals surface area contributed by atoms with Gasteiger partial charge in [-0.2, -0.15) is 0 Å². The molecule has 0 aliphatic heterocycles. The van der Waals surface area contributed by atoms with Gasteiger partial charge in [-0.3, -0.25) is 0 Å². The molecule has 1 aliphatic carbocycles. The third-order valence-corrected chi connectivity index (χ3v) is 3.86. The van der Waals surface area contributed by atoms with Crippen LogP contribution in [0.2, 0.25) is 5.02 Å². The molecule has 3 rings (SSSR count). The van der Waals surface area contributed by atoms with Crippen molar-refractivity contribution in [3.8, 4) is 0 Å². The highest BCUT2D eigenvalue weighted by atomic mass is 35.5. The molecular weight excluding hydrogens is 246 g/mol. The predicted molar refractivity (Wildman–Crippen MR) is 74.8 cm³/mol. The number of fused-ring (bicyclic) bond motifs is 1. The molecule has 96 valence electrons. The van der Waals surface area contributed by atoms with E-state index in [0.717, 1.165) is 21.9 Å². The molecule has 1 heterocycles. The Labute approximate surface area is 112 Å². The van der Waals surface area contributed by atoms with Crippen LogP contribution in [0.25, 0.3) is 11.0 Å². The lowest BCUT2D eigenvalue weighted by Crippen LogP contribution is -2.19. The molecule has 0 amide bonds. The first-order chi connectivity index (χ1) is 8.58. The summed E-state index contributed by atoms with van der Waals surface area (Å²) in [5.74, 6) is 1.61. The van der Waals surface area contributed by atoms with Crippen molar-refractivity contribution in [3.05, 3.63) is 29.0 Å². The largest absolute Gasteiger partial charge is 0.324 e. The number of nitrogens with two attached hydrogens (primary N) is 1. The first-order valence-electron chi connectivity index (χ1n) is 6.51. The number of benzene rings is 1. The molecule has 1 unspecified atom stereocenters. The minimum atomic E-state index is 0.0542. The Morgan fingerprint density at radius 1 is 1.39 bits per heavy atom. The van der Waals surface area contributed by atoms with E-state index >= 15 is 0 Å². The van der Waals surface area contributed by atoms with Crippen LogP contribution in [0.3, 0.4) is 0 Å². The Kier molecular flexibility index (Phi) is 2.83. The summed E-state index contributed by atoms with van der Waals surface area (Å²) in [5.41, 5.74) is 8.40. The van der Waals surface area contributed by atoms with Gasteiger partial charge >= 0.3 is 0 Å². The van der Waals surface area contributed by atoms with Crippen LogP contribution < -0.4 is 5.73 Å². The van der Waals surface area contributed by atoms with E-state index < -0.39 is 0 Å². The molecule has 1 aromatic heterocycles. The van der Waals surface area contributed by atoms with Gasteiger partial charge in [-0.1, -0.05) is 11.6 Å². The molecule has 4 heteroatoms. The Balaban J connectivity index is 2.20. The fourth-order valence-electron chi connectivity index (χ4n) is 2.53. The van der Waals surface area contributed by atoms with Crippen molar-refractivity contribution in [2.75, 3.05) is 0 Å². The van der Waals surface area contributed by atoms with Gasteiger partial charge in [0.05, 0.1) is 17.1 Å². The summed E-state index contributed by atoms with van der Waals surface area (Å²) in [6, 6.07) is 6.23. The third kappa shape index (κ3) is 1.91. The van der Waals surface area contributed by atoms with Gasteiger partial charge in [0, 0.05) is 11.1 Å². The van der Waals surface area contributed by atoms with E-state index in [-0.39, 0.29) is 6.04 Å². The Bertz CT molecular complexity index is 584. The van der Waals surface area contributed by atoms with Crippen LogP contribution in [0.1, 0.15) is 44.6 Å². The monoisotopic (exact) mass is 263 g/mol. The summed E-state index contributed by atoms with van der Waals surface area (Å²) in [6.07, 6.45) is 2.45. The number of halogens is 1. The van der Waals surface area contributed by atoms with E-state index in [2.05, 4.69) is 18.4 Å². The smallest absolute Gasteiger partial charge is 0.127 e. The minimum absolute atomic E-state index is 0.0542. The average molecular weight is 264 g/mol. The Morgan fingerprint density at radius 3 is 2.72 bits per heavy atom. The van der Waals surface area contributed by atoms with E-state index in [1.807, 2.05) is 18.2 Å². The first kappa shape index (κ1) is 12.0. The molecule has 1 saturated carbocycles. The first-order valence-corrected chi connectivity index (χ1v) is 6.88. The van der Waals surface area contributed by atoms with Crippen LogP contribution in [0.5, 0.6) is 0 Å². The van der Waals surface area contributed by atoms with Crippen LogP contribution in [-0.2, 0) is 0 Å². The van der Waals surface area contributed by atoms with Gasteiger partial charge in [0.2, 0.25) is 0 Å². The molecule has 3 nitrogen and oxygen atoms in total. The second-order valence-electron chi connectivity index (χ2n) is 5.43. The lowest BCUT2D eigenvalue weighted by atomic mass is 10.2. The molecule has 18 heavy (non-hydrogen) atoms. The van der Waals surface area contributed by atoms with Gasteiger partial charge in [0.1, 0.15) is 5.82 Å². The van der Waals surface area contributed by atoms with E-state index in [9.17, 15) is 0 Å². The molecule has 1 fully saturated rings. The predicted octanol–water partition coefficient (Wildman–Crippen LogP) is 3.68. The lowest BCUT2D eigenvalue weighted by Gasteiger charge is -2.17. The van der Waals surface area contributed by atoms with Crippen molar-refractivity contribution in [3.63, 3.8) is 0 Å². The van der Waals surface area contributed by atoms with Crippen molar-refractivity contribution in [2.24, 2.45) is 11.7 Å². The Morgan fingerprint density at radius 2 is 2.11 bits per heavy atom. The van der Waals surface area contributed by atoms with Crippen LogP contribution in [0, 0.1) is 5.92 Å². The molecule has 0 saturated heterocycles. The molecular formula is C14H18ClN3. The number of imidazole rings is 1. The summed E-state index contributed by atoms with van der Waals surface area (Å²) in [6.45, 7) is 4.32. The van der Waals surface area contributed by atoms with Crippen molar-refractivity contribution in [1.29, 1.82) is 0 Å². The van der Waals surface area contributed by atoms with E-state index in [1.54, 1.807) is 0 Å².